The smallest absolute Gasteiger partial charge is 0.408 e. The normalized spacial score (nSPS) is 11.2. The third-order valence-electron chi connectivity index (χ3n) is 2.60. The first-order chi connectivity index (χ1) is 8.63. The van der Waals surface area contributed by atoms with Crippen LogP contribution in [0.25, 0.3) is 11.1 Å². The first-order valence-electron chi connectivity index (χ1n) is 5.27. The summed E-state index contributed by atoms with van der Waals surface area (Å²) >= 11 is 2.20. The summed E-state index contributed by atoms with van der Waals surface area (Å²) in [6.45, 7) is 0.361. The Labute approximate surface area is 115 Å². The van der Waals surface area contributed by atoms with Gasteiger partial charge in [-0.25, -0.2) is 4.79 Å². The molecule has 0 radical (unpaired) electrons. The molecule has 0 N–H and O–H groups in total. The van der Waals surface area contributed by atoms with Gasteiger partial charge < -0.3 is 4.42 Å². The second kappa shape index (κ2) is 4.23. The summed E-state index contributed by atoms with van der Waals surface area (Å²) in [5.41, 5.74) is 2.09. The molecular weight excluding hydrogens is 347 g/mol. The van der Waals surface area contributed by atoms with Crippen molar-refractivity contribution in [2.24, 2.45) is 7.05 Å². The number of aromatic nitrogens is 4. The van der Waals surface area contributed by atoms with Gasteiger partial charge in [0.15, 0.2) is 5.58 Å². The highest BCUT2D eigenvalue weighted by molar-refractivity contribution is 14.1. The largest absolute Gasteiger partial charge is 0.420 e. The molecule has 2 aromatic heterocycles. The zero-order chi connectivity index (χ0) is 12.7. The number of aryl methyl sites for hydroxylation is 1. The predicted octanol–water partition coefficient (Wildman–Crippen LogP) is 1.38. The van der Waals surface area contributed by atoms with Crippen LogP contribution in [0.2, 0.25) is 0 Å². The van der Waals surface area contributed by atoms with Crippen LogP contribution in [0.3, 0.4) is 0 Å². The Bertz CT molecular complexity index is 771. The van der Waals surface area contributed by atoms with Gasteiger partial charge in [-0.2, -0.15) is 0 Å². The highest BCUT2D eigenvalue weighted by Crippen LogP contribution is 2.17. The summed E-state index contributed by atoms with van der Waals surface area (Å²) in [5.74, 6) is -0.377. The maximum Gasteiger partial charge on any atom is 0.420 e. The maximum atomic E-state index is 11.8. The molecule has 2 heterocycles. The number of fused-ring (bicyclic) bond motifs is 1. The van der Waals surface area contributed by atoms with Crippen molar-refractivity contribution in [3.63, 3.8) is 0 Å². The van der Waals surface area contributed by atoms with E-state index in [9.17, 15) is 4.79 Å². The zero-order valence-electron chi connectivity index (χ0n) is 9.50. The topological polar surface area (TPSA) is 65.8 Å². The zero-order valence-corrected chi connectivity index (χ0v) is 11.7. The van der Waals surface area contributed by atoms with Gasteiger partial charge in [0, 0.05) is 16.8 Å². The number of oxazole rings is 1. The molecule has 0 aliphatic heterocycles. The van der Waals surface area contributed by atoms with Crippen LogP contribution < -0.4 is 5.76 Å². The molecule has 0 spiro atoms. The van der Waals surface area contributed by atoms with Crippen molar-refractivity contribution in [1.82, 2.24) is 19.6 Å². The second-order valence-electron chi connectivity index (χ2n) is 3.95. The molecule has 92 valence electrons. The van der Waals surface area contributed by atoms with E-state index in [1.165, 1.54) is 0 Å². The Morgan fingerprint density at radius 1 is 1.44 bits per heavy atom. The second-order valence-corrected chi connectivity index (χ2v) is 5.20. The lowest BCUT2D eigenvalue weighted by Crippen LogP contribution is -2.15. The van der Waals surface area contributed by atoms with Crippen LogP contribution in [-0.4, -0.2) is 19.6 Å². The van der Waals surface area contributed by atoms with Gasteiger partial charge in [-0.15, -0.1) is 5.10 Å². The Balaban J connectivity index is 2.13. The summed E-state index contributed by atoms with van der Waals surface area (Å²) < 4.78 is 9.39. The highest BCUT2D eigenvalue weighted by Gasteiger charge is 2.11. The lowest BCUT2D eigenvalue weighted by molar-refractivity contribution is 0.516. The minimum Gasteiger partial charge on any atom is -0.408 e. The van der Waals surface area contributed by atoms with Crippen molar-refractivity contribution in [1.29, 1.82) is 0 Å². The molecule has 1 aromatic carbocycles. The van der Waals surface area contributed by atoms with Gasteiger partial charge in [0.25, 0.3) is 0 Å². The molecule has 0 atom stereocenters. The van der Waals surface area contributed by atoms with E-state index in [4.69, 9.17) is 4.42 Å². The lowest BCUT2D eigenvalue weighted by atomic mass is 10.3. The van der Waals surface area contributed by atoms with Crippen LogP contribution in [0, 0.1) is 3.57 Å². The minimum atomic E-state index is -0.377. The van der Waals surface area contributed by atoms with Crippen LogP contribution in [0.5, 0.6) is 0 Å². The highest BCUT2D eigenvalue weighted by atomic mass is 127. The molecular formula is C11H9IN4O2. The molecule has 6 nitrogen and oxygen atoms in total. The molecule has 0 aliphatic carbocycles. The fourth-order valence-corrected chi connectivity index (χ4v) is 2.29. The van der Waals surface area contributed by atoms with E-state index in [2.05, 4.69) is 32.9 Å². The number of hydrogen-bond donors (Lipinski definition) is 0. The number of hydrogen-bond acceptors (Lipinski definition) is 4. The number of halogens is 1. The van der Waals surface area contributed by atoms with Crippen LogP contribution in [0.4, 0.5) is 0 Å². The molecule has 18 heavy (non-hydrogen) atoms. The first-order valence-corrected chi connectivity index (χ1v) is 6.35. The van der Waals surface area contributed by atoms with Crippen molar-refractivity contribution < 1.29 is 4.42 Å². The summed E-state index contributed by atoms with van der Waals surface area (Å²) in [6.07, 6.45) is 1.78. The summed E-state index contributed by atoms with van der Waals surface area (Å²) in [4.78, 5) is 11.8. The SMILES string of the molecule is Cn1cc(Cn2c(=O)oc3ccc(I)cc32)nn1. The van der Waals surface area contributed by atoms with Crippen molar-refractivity contribution in [3.05, 3.63) is 44.2 Å². The molecule has 0 fully saturated rings. The van der Waals surface area contributed by atoms with E-state index in [0.29, 0.717) is 12.1 Å². The summed E-state index contributed by atoms with van der Waals surface area (Å²) in [5, 5.41) is 7.81. The maximum absolute atomic E-state index is 11.8. The Kier molecular flexibility index (Phi) is 2.69. The van der Waals surface area contributed by atoms with Crippen molar-refractivity contribution in [2.75, 3.05) is 0 Å². The van der Waals surface area contributed by atoms with E-state index in [1.54, 1.807) is 28.6 Å². The van der Waals surface area contributed by atoms with Gasteiger partial charge in [0.1, 0.15) is 5.69 Å². The number of benzene rings is 1. The Hall–Kier alpha value is -1.64. The molecule has 3 rings (SSSR count). The van der Waals surface area contributed by atoms with Gasteiger partial charge in [-0.1, -0.05) is 5.21 Å². The van der Waals surface area contributed by atoms with Crippen LogP contribution in [-0.2, 0) is 13.6 Å². The lowest BCUT2D eigenvalue weighted by Gasteiger charge is -1.98. The average Bonchev–Trinajstić information content (AvgIpc) is 2.86. The van der Waals surface area contributed by atoms with Gasteiger partial charge in [0.05, 0.1) is 12.1 Å². The third-order valence-corrected chi connectivity index (χ3v) is 3.27. The van der Waals surface area contributed by atoms with E-state index >= 15 is 0 Å². The van der Waals surface area contributed by atoms with Crippen molar-refractivity contribution >= 4 is 33.7 Å². The molecule has 0 bridgehead atoms. The standard InChI is InChI=1S/C11H9IN4O2/c1-15-5-8(13-14-15)6-16-9-4-7(12)2-3-10(9)18-11(16)17/h2-5H,6H2,1H3. The Morgan fingerprint density at radius 2 is 2.28 bits per heavy atom. The molecule has 7 heteroatoms. The molecule has 0 saturated carbocycles. The third kappa shape index (κ3) is 1.94. The monoisotopic (exact) mass is 356 g/mol. The van der Waals surface area contributed by atoms with Crippen molar-refractivity contribution in [2.45, 2.75) is 6.54 Å². The van der Waals surface area contributed by atoms with E-state index < -0.39 is 0 Å². The summed E-state index contributed by atoms with van der Waals surface area (Å²) in [7, 11) is 1.79. The minimum absolute atomic E-state index is 0.361. The molecule has 0 unspecified atom stereocenters. The van der Waals surface area contributed by atoms with Crippen molar-refractivity contribution in [3.8, 4) is 0 Å². The first kappa shape index (κ1) is 11.5. The van der Waals surface area contributed by atoms with Crippen LogP contribution in [0.1, 0.15) is 5.69 Å². The van der Waals surface area contributed by atoms with E-state index in [0.717, 1.165) is 14.8 Å². The Morgan fingerprint density at radius 3 is 3.00 bits per heavy atom. The predicted molar refractivity (Wildman–Crippen MR) is 73.3 cm³/mol. The fraction of sp³-hybridized carbons (Fsp3) is 0.182. The molecule has 0 saturated heterocycles. The van der Waals surface area contributed by atoms with Crippen LogP contribution in [0.15, 0.2) is 33.6 Å². The van der Waals surface area contributed by atoms with Gasteiger partial charge in [-0.3, -0.25) is 9.25 Å². The summed E-state index contributed by atoms with van der Waals surface area (Å²) in [6, 6.07) is 5.61. The molecule has 0 amide bonds. The quantitative estimate of drug-likeness (QED) is 0.651. The van der Waals surface area contributed by atoms with E-state index in [-0.39, 0.29) is 5.76 Å². The van der Waals surface area contributed by atoms with Crippen LogP contribution >= 0.6 is 22.6 Å². The fourth-order valence-electron chi connectivity index (χ4n) is 1.81. The number of nitrogens with zero attached hydrogens (tertiary/aromatic N) is 4. The van der Waals surface area contributed by atoms with Gasteiger partial charge >= 0.3 is 5.76 Å². The van der Waals surface area contributed by atoms with Gasteiger partial charge in [0.2, 0.25) is 0 Å². The molecule has 0 aliphatic rings. The molecule has 3 aromatic rings. The van der Waals surface area contributed by atoms with E-state index in [1.807, 2.05) is 12.1 Å². The van der Waals surface area contributed by atoms with Gasteiger partial charge in [-0.05, 0) is 40.8 Å². The number of rotatable bonds is 2. The average molecular weight is 356 g/mol.